The molecule has 2 nitrogen and oxygen atoms in total. The lowest BCUT2D eigenvalue weighted by atomic mass is 9.79. The highest BCUT2D eigenvalue weighted by Crippen LogP contribution is 2.43. The van der Waals surface area contributed by atoms with Gasteiger partial charge in [-0.2, -0.15) is 0 Å². The van der Waals surface area contributed by atoms with Crippen LogP contribution in [0.25, 0.3) is 0 Å². The van der Waals surface area contributed by atoms with Crippen molar-refractivity contribution in [3.63, 3.8) is 0 Å². The van der Waals surface area contributed by atoms with Crippen molar-refractivity contribution >= 4 is 5.97 Å². The first-order valence-corrected chi connectivity index (χ1v) is 6.85. The summed E-state index contributed by atoms with van der Waals surface area (Å²) in [6.45, 7) is 8.45. The number of hydrogen-bond donors (Lipinski definition) is 0. The van der Waals surface area contributed by atoms with E-state index < -0.39 is 5.41 Å². The van der Waals surface area contributed by atoms with Gasteiger partial charge >= 0.3 is 5.97 Å². The lowest BCUT2D eigenvalue weighted by Gasteiger charge is -2.20. The van der Waals surface area contributed by atoms with Gasteiger partial charge in [0.1, 0.15) is 5.75 Å². The molecule has 18 heavy (non-hydrogen) atoms. The van der Waals surface area contributed by atoms with Gasteiger partial charge in [0.25, 0.3) is 0 Å². The molecule has 0 saturated carbocycles. The lowest BCUT2D eigenvalue weighted by Crippen LogP contribution is -2.30. The highest BCUT2D eigenvalue weighted by Gasteiger charge is 2.44. The van der Waals surface area contributed by atoms with Crippen LogP contribution in [0.2, 0.25) is 0 Å². The molecule has 0 aliphatic carbocycles. The van der Waals surface area contributed by atoms with Gasteiger partial charge in [-0.15, -0.1) is 0 Å². The molecule has 2 heteroatoms. The third-order valence-corrected chi connectivity index (χ3v) is 3.95. The Morgan fingerprint density at radius 3 is 2.67 bits per heavy atom. The quantitative estimate of drug-likeness (QED) is 0.588. The Labute approximate surface area is 109 Å². The molecule has 1 unspecified atom stereocenters. The molecular weight excluding hydrogens is 224 g/mol. The first kappa shape index (κ1) is 13.1. The van der Waals surface area contributed by atoms with Crippen molar-refractivity contribution < 1.29 is 9.53 Å². The topological polar surface area (TPSA) is 26.3 Å². The fraction of sp³-hybridized carbons (Fsp3) is 0.562. The second-order valence-corrected chi connectivity index (χ2v) is 5.74. The molecule has 2 rings (SSSR count). The Morgan fingerprint density at radius 2 is 2.06 bits per heavy atom. The molecule has 0 aromatic heterocycles. The molecule has 1 heterocycles. The van der Waals surface area contributed by atoms with E-state index in [0.717, 1.165) is 30.6 Å². The Bertz CT molecular complexity index is 462. The summed E-state index contributed by atoms with van der Waals surface area (Å²) in [6, 6.07) is 6.22. The van der Waals surface area contributed by atoms with Crippen molar-refractivity contribution in [2.24, 2.45) is 0 Å². The average Bonchev–Trinajstić information content (AvgIpc) is 2.59. The van der Waals surface area contributed by atoms with E-state index in [-0.39, 0.29) is 5.97 Å². The van der Waals surface area contributed by atoms with Gasteiger partial charge in [-0.3, -0.25) is 4.79 Å². The zero-order chi connectivity index (χ0) is 13.3. The lowest BCUT2D eigenvalue weighted by molar-refractivity contribution is -0.138. The molecule has 98 valence electrons. The van der Waals surface area contributed by atoms with E-state index in [0.29, 0.717) is 5.92 Å². The van der Waals surface area contributed by atoms with Gasteiger partial charge in [-0.1, -0.05) is 45.7 Å². The van der Waals surface area contributed by atoms with Crippen LogP contribution < -0.4 is 4.74 Å². The second kappa shape index (κ2) is 4.75. The van der Waals surface area contributed by atoms with Crippen molar-refractivity contribution in [2.45, 2.75) is 58.3 Å². The summed E-state index contributed by atoms with van der Waals surface area (Å²) in [5, 5.41) is 0. The van der Waals surface area contributed by atoms with E-state index in [2.05, 4.69) is 32.9 Å². The summed E-state index contributed by atoms with van der Waals surface area (Å²) in [5.41, 5.74) is 1.84. The molecule has 0 saturated heterocycles. The summed E-state index contributed by atoms with van der Waals surface area (Å²) >= 11 is 0. The van der Waals surface area contributed by atoms with E-state index >= 15 is 0 Å². The van der Waals surface area contributed by atoms with Gasteiger partial charge in [0, 0.05) is 5.56 Å². The highest BCUT2D eigenvalue weighted by molar-refractivity contribution is 5.90. The molecule has 1 aliphatic heterocycles. The van der Waals surface area contributed by atoms with Gasteiger partial charge in [0.2, 0.25) is 0 Å². The molecular formula is C16H22O2. The normalized spacial score (nSPS) is 22.2. The molecule has 1 aliphatic rings. The minimum Gasteiger partial charge on any atom is -0.426 e. The van der Waals surface area contributed by atoms with Gasteiger partial charge in [0.15, 0.2) is 0 Å². The molecule has 1 atom stereocenters. The van der Waals surface area contributed by atoms with Crippen LogP contribution in [0.5, 0.6) is 5.75 Å². The molecule has 1 aromatic rings. The Morgan fingerprint density at radius 1 is 1.33 bits per heavy atom. The van der Waals surface area contributed by atoms with Crippen LogP contribution in [-0.2, 0) is 10.2 Å². The third kappa shape index (κ3) is 2.05. The van der Waals surface area contributed by atoms with Gasteiger partial charge in [-0.25, -0.2) is 0 Å². The summed E-state index contributed by atoms with van der Waals surface area (Å²) in [7, 11) is 0. The molecule has 0 bridgehead atoms. The second-order valence-electron chi connectivity index (χ2n) is 5.74. The van der Waals surface area contributed by atoms with Crippen molar-refractivity contribution in [2.75, 3.05) is 0 Å². The highest BCUT2D eigenvalue weighted by atomic mass is 16.5. The largest absolute Gasteiger partial charge is 0.426 e. The maximum absolute atomic E-state index is 12.1. The average molecular weight is 246 g/mol. The van der Waals surface area contributed by atoms with E-state index in [1.807, 2.05) is 13.0 Å². The van der Waals surface area contributed by atoms with Crippen LogP contribution in [0.3, 0.4) is 0 Å². The van der Waals surface area contributed by atoms with Crippen LogP contribution >= 0.6 is 0 Å². The number of rotatable bonds is 4. The predicted molar refractivity (Wildman–Crippen MR) is 73.0 cm³/mol. The van der Waals surface area contributed by atoms with Gasteiger partial charge < -0.3 is 4.74 Å². The summed E-state index contributed by atoms with van der Waals surface area (Å²) < 4.78 is 5.47. The summed E-state index contributed by atoms with van der Waals surface area (Å²) in [6.07, 6.45) is 3.02. The van der Waals surface area contributed by atoms with Gasteiger partial charge in [0.05, 0.1) is 5.41 Å². The van der Waals surface area contributed by atoms with Crippen LogP contribution in [0.15, 0.2) is 18.2 Å². The van der Waals surface area contributed by atoms with Crippen LogP contribution in [0, 0.1) is 0 Å². The van der Waals surface area contributed by atoms with Crippen LogP contribution in [-0.4, -0.2) is 5.97 Å². The van der Waals surface area contributed by atoms with Crippen LogP contribution in [0.1, 0.15) is 64.0 Å². The van der Waals surface area contributed by atoms with E-state index in [9.17, 15) is 4.79 Å². The summed E-state index contributed by atoms with van der Waals surface area (Å²) in [5.74, 6) is 1.13. The number of unbranched alkanes of at least 4 members (excludes halogenated alkanes) is 1. The minimum absolute atomic E-state index is 0.0909. The van der Waals surface area contributed by atoms with E-state index in [1.54, 1.807) is 0 Å². The van der Waals surface area contributed by atoms with E-state index in [4.69, 9.17) is 4.74 Å². The SMILES string of the molecule is CCCCC1(C)C(=O)Oc2cc(C(C)C)ccc21. The first-order chi connectivity index (χ1) is 8.49. The number of fused-ring (bicyclic) bond motifs is 1. The fourth-order valence-electron chi connectivity index (χ4n) is 2.53. The van der Waals surface area contributed by atoms with Crippen molar-refractivity contribution in [3.8, 4) is 5.75 Å². The first-order valence-electron chi connectivity index (χ1n) is 6.85. The maximum atomic E-state index is 12.1. The zero-order valence-electron chi connectivity index (χ0n) is 11.7. The molecule has 0 N–H and O–H groups in total. The number of benzene rings is 1. The molecule has 0 amide bonds. The number of ether oxygens (including phenoxy) is 1. The van der Waals surface area contributed by atoms with Crippen molar-refractivity contribution in [3.05, 3.63) is 29.3 Å². The van der Waals surface area contributed by atoms with Crippen molar-refractivity contribution in [1.82, 2.24) is 0 Å². The predicted octanol–water partition coefficient (Wildman–Crippen LogP) is 4.18. The molecule has 0 spiro atoms. The number of esters is 1. The maximum Gasteiger partial charge on any atom is 0.321 e. The third-order valence-electron chi connectivity index (χ3n) is 3.95. The number of hydrogen-bond acceptors (Lipinski definition) is 2. The molecule has 1 aromatic carbocycles. The van der Waals surface area contributed by atoms with Crippen LogP contribution in [0.4, 0.5) is 0 Å². The van der Waals surface area contributed by atoms with Gasteiger partial charge in [-0.05, 0) is 30.9 Å². The van der Waals surface area contributed by atoms with Crippen molar-refractivity contribution in [1.29, 1.82) is 0 Å². The number of carbonyl (C=O) groups is 1. The van der Waals surface area contributed by atoms with E-state index in [1.165, 1.54) is 5.56 Å². The monoisotopic (exact) mass is 246 g/mol. The smallest absolute Gasteiger partial charge is 0.321 e. The standard InChI is InChI=1S/C16H22O2/c1-5-6-9-16(4)13-8-7-12(11(2)3)10-14(13)18-15(16)17/h7-8,10-11H,5-6,9H2,1-4H3. The number of carbonyl (C=O) groups excluding carboxylic acids is 1. The Balaban J connectivity index is 2.37. The Kier molecular flexibility index (Phi) is 3.47. The zero-order valence-corrected chi connectivity index (χ0v) is 11.7. The summed E-state index contributed by atoms with van der Waals surface area (Å²) in [4.78, 5) is 12.1. The molecule has 0 radical (unpaired) electrons. The minimum atomic E-state index is -0.444. The Hall–Kier alpha value is -1.31. The molecule has 0 fully saturated rings. The fourth-order valence-corrected chi connectivity index (χ4v) is 2.53.